The standard InChI is InChI=1S/C21H27Cl2NO3S2/c1-15-10-12-17(13-11-15)29(26,27)24-19(25)21(22,23)18-9-5-6-14-20(18,24)28-16-7-3-2-4-8-16/h10-13,16,18H,2-9,14H2,1H3/t18-,20-/m1/s1. The summed E-state index contributed by atoms with van der Waals surface area (Å²) < 4.78 is 26.8. The maximum atomic E-state index is 13.7. The fraction of sp³-hybridized carbons (Fsp3) is 0.667. The van der Waals surface area contributed by atoms with Gasteiger partial charge in [-0.05, 0) is 44.7 Å². The molecule has 29 heavy (non-hydrogen) atoms. The lowest BCUT2D eigenvalue weighted by molar-refractivity contribution is -0.125. The Morgan fingerprint density at radius 2 is 1.62 bits per heavy atom. The number of rotatable bonds is 4. The molecule has 160 valence electrons. The van der Waals surface area contributed by atoms with E-state index >= 15 is 0 Å². The van der Waals surface area contributed by atoms with Gasteiger partial charge < -0.3 is 0 Å². The van der Waals surface area contributed by atoms with Gasteiger partial charge in [-0.1, -0.05) is 73.0 Å². The number of thioether (sulfide) groups is 1. The van der Waals surface area contributed by atoms with Crippen LogP contribution in [-0.4, -0.2) is 33.1 Å². The predicted octanol–water partition coefficient (Wildman–Crippen LogP) is 5.65. The molecule has 0 N–H and O–H groups in total. The zero-order chi connectivity index (χ0) is 20.9. The third-order valence-corrected chi connectivity index (χ3v) is 11.2. The van der Waals surface area contributed by atoms with Gasteiger partial charge >= 0.3 is 0 Å². The zero-order valence-electron chi connectivity index (χ0n) is 16.6. The number of aryl methyl sites for hydroxylation is 1. The van der Waals surface area contributed by atoms with Crippen molar-refractivity contribution in [3.05, 3.63) is 29.8 Å². The molecule has 2 atom stereocenters. The van der Waals surface area contributed by atoms with Crippen molar-refractivity contribution in [2.24, 2.45) is 5.92 Å². The molecule has 4 nitrogen and oxygen atoms in total. The van der Waals surface area contributed by atoms with E-state index in [1.165, 1.54) is 6.42 Å². The van der Waals surface area contributed by atoms with Crippen LogP contribution in [0.3, 0.4) is 0 Å². The number of carbonyl (C=O) groups is 1. The third kappa shape index (κ3) is 3.62. The first kappa shape index (κ1) is 21.8. The van der Waals surface area contributed by atoms with Crippen LogP contribution in [0.15, 0.2) is 29.2 Å². The van der Waals surface area contributed by atoms with E-state index in [2.05, 4.69) is 0 Å². The van der Waals surface area contributed by atoms with Gasteiger partial charge in [-0.2, -0.15) is 0 Å². The van der Waals surface area contributed by atoms with E-state index in [9.17, 15) is 13.2 Å². The van der Waals surface area contributed by atoms with E-state index < -0.39 is 31.1 Å². The van der Waals surface area contributed by atoms with E-state index in [4.69, 9.17) is 23.2 Å². The summed E-state index contributed by atoms with van der Waals surface area (Å²) >= 11 is 14.9. The van der Waals surface area contributed by atoms with Crippen LogP contribution in [0.4, 0.5) is 0 Å². The molecule has 0 unspecified atom stereocenters. The highest BCUT2D eigenvalue weighted by atomic mass is 35.5. The molecule has 2 aliphatic carbocycles. The minimum atomic E-state index is -4.06. The molecule has 0 spiro atoms. The van der Waals surface area contributed by atoms with Crippen LogP contribution < -0.4 is 0 Å². The maximum Gasteiger partial charge on any atom is 0.274 e. The molecule has 2 saturated carbocycles. The fourth-order valence-electron chi connectivity index (χ4n) is 5.08. The lowest BCUT2D eigenvalue weighted by atomic mass is 9.84. The highest BCUT2D eigenvalue weighted by Gasteiger charge is 2.70. The van der Waals surface area contributed by atoms with Crippen LogP contribution in [0.5, 0.6) is 0 Å². The van der Waals surface area contributed by atoms with Crippen molar-refractivity contribution in [1.82, 2.24) is 4.31 Å². The molecule has 1 heterocycles. The van der Waals surface area contributed by atoms with Crippen LogP contribution >= 0.6 is 35.0 Å². The molecule has 1 saturated heterocycles. The number of fused-ring (bicyclic) bond motifs is 1. The van der Waals surface area contributed by atoms with Gasteiger partial charge in [0.05, 0.1) is 4.90 Å². The SMILES string of the molecule is Cc1ccc(S(=O)(=O)N2C(=O)C(Cl)(Cl)[C@@H]3CCCC[C@@]32SC2CCCCC2)cc1. The Bertz CT molecular complexity index is 882. The Morgan fingerprint density at radius 1 is 1.00 bits per heavy atom. The van der Waals surface area contributed by atoms with Crippen molar-refractivity contribution in [2.45, 2.75) is 84.1 Å². The van der Waals surface area contributed by atoms with Gasteiger partial charge in [0, 0.05) is 11.2 Å². The number of halogens is 2. The number of nitrogens with zero attached hydrogens (tertiary/aromatic N) is 1. The van der Waals surface area contributed by atoms with E-state index in [0.29, 0.717) is 18.1 Å². The van der Waals surface area contributed by atoms with Gasteiger partial charge in [0.2, 0.25) is 4.33 Å². The Hall–Kier alpha value is -0.430. The lowest BCUT2D eigenvalue weighted by Crippen LogP contribution is -2.52. The molecule has 1 amide bonds. The fourth-order valence-corrected chi connectivity index (χ4v) is 10.2. The van der Waals surface area contributed by atoms with E-state index in [0.717, 1.165) is 48.4 Å². The topological polar surface area (TPSA) is 54.5 Å². The Labute approximate surface area is 187 Å². The Morgan fingerprint density at radius 3 is 2.28 bits per heavy atom. The summed E-state index contributed by atoms with van der Waals surface area (Å²) in [7, 11) is -4.06. The monoisotopic (exact) mass is 475 g/mol. The number of hydrogen-bond acceptors (Lipinski definition) is 4. The van der Waals surface area contributed by atoms with Gasteiger partial charge in [0.25, 0.3) is 15.9 Å². The number of sulfonamides is 1. The summed E-state index contributed by atoms with van der Waals surface area (Å²) in [6, 6.07) is 6.64. The average molecular weight is 476 g/mol. The van der Waals surface area contributed by atoms with Crippen molar-refractivity contribution < 1.29 is 13.2 Å². The summed E-state index contributed by atoms with van der Waals surface area (Å²) in [5.74, 6) is -1.08. The first-order valence-electron chi connectivity index (χ1n) is 10.4. The maximum absolute atomic E-state index is 13.7. The highest BCUT2D eigenvalue weighted by Crippen LogP contribution is 2.62. The van der Waals surface area contributed by atoms with Crippen molar-refractivity contribution in [2.75, 3.05) is 0 Å². The van der Waals surface area contributed by atoms with E-state index in [1.54, 1.807) is 36.0 Å². The van der Waals surface area contributed by atoms with Gasteiger partial charge in [-0.25, -0.2) is 12.7 Å². The van der Waals surface area contributed by atoms with Crippen LogP contribution in [-0.2, 0) is 14.8 Å². The molecule has 1 aromatic rings. The molecule has 4 rings (SSSR count). The zero-order valence-corrected chi connectivity index (χ0v) is 19.7. The second-order valence-corrected chi connectivity index (χ2v) is 13.3. The quantitative estimate of drug-likeness (QED) is 0.527. The van der Waals surface area contributed by atoms with Crippen LogP contribution in [0.25, 0.3) is 0 Å². The summed E-state index contributed by atoms with van der Waals surface area (Å²) in [4.78, 5) is 12.6. The summed E-state index contributed by atoms with van der Waals surface area (Å²) in [5, 5.41) is 0.329. The molecular weight excluding hydrogens is 449 g/mol. The molecule has 0 radical (unpaired) electrons. The smallest absolute Gasteiger partial charge is 0.270 e. The normalized spacial score (nSPS) is 30.4. The van der Waals surface area contributed by atoms with Gasteiger partial charge in [-0.15, -0.1) is 11.8 Å². The summed E-state index contributed by atoms with van der Waals surface area (Å²) in [5.41, 5.74) is 0.961. The number of amides is 1. The molecule has 1 aromatic carbocycles. The number of hydrogen-bond donors (Lipinski definition) is 0. The third-order valence-electron chi connectivity index (χ3n) is 6.56. The first-order chi connectivity index (χ1) is 13.7. The first-order valence-corrected chi connectivity index (χ1v) is 13.5. The van der Waals surface area contributed by atoms with Crippen molar-refractivity contribution in [1.29, 1.82) is 0 Å². The second-order valence-electron chi connectivity index (χ2n) is 8.53. The Kier molecular flexibility index (Phi) is 5.95. The predicted molar refractivity (Wildman–Crippen MR) is 119 cm³/mol. The highest BCUT2D eigenvalue weighted by molar-refractivity contribution is 8.02. The average Bonchev–Trinajstić information content (AvgIpc) is 2.86. The van der Waals surface area contributed by atoms with Crippen molar-refractivity contribution in [3.8, 4) is 0 Å². The lowest BCUT2D eigenvalue weighted by Gasteiger charge is -2.46. The molecule has 8 heteroatoms. The van der Waals surface area contributed by atoms with Gasteiger partial charge in [0.1, 0.15) is 4.87 Å². The number of alkyl halides is 2. The van der Waals surface area contributed by atoms with Crippen LogP contribution in [0, 0.1) is 12.8 Å². The molecular formula is C21H27Cl2NO3S2. The molecule has 0 bridgehead atoms. The summed E-state index contributed by atoms with van der Waals surface area (Å²) in [6.07, 6.45) is 8.64. The number of benzene rings is 1. The largest absolute Gasteiger partial charge is 0.274 e. The number of carbonyl (C=O) groups excluding carboxylic acids is 1. The minimum absolute atomic E-state index is 0.121. The molecule has 0 aromatic heterocycles. The second kappa shape index (κ2) is 7.92. The van der Waals surface area contributed by atoms with Gasteiger partial charge in [-0.3, -0.25) is 4.79 Å². The van der Waals surface area contributed by atoms with E-state index in [-0.39, 0.29) is 4.90 Å². The minimum Gasteiger partial charge on any atom is -0.270 e. The van der Waals surface area contributed by atoms with Crippen molar-refractivity contribution >= 4 is 50.9 Å². The molecule has 3 aliphatic rings. The van der Waals surface area contributed by atoms with Crippen LogP contribution in [0.2, 0.25) is 0 Å². The molecule has 1 aliphatic heterocycles. The van der Waals surface area contributed by atoms with Crippen LogP contribution in [0.1, 0.15) is 63.4 Å². The van der Waals surface area contributed by atoms with E-state index in [1.807, 2.05) is 6.92 Å². The molecule has 3 fully saturated rings. The van der Waals surface area contributed by atoms with Gasteiger partial charge in [0.15, 0.2) is 0 Å². The Balaban J connectivity index is 1.82. The summed E-state index contributed by atoms with van der Waals surface area (Å²) in [6.45, 7) is 1.90. The van der Waals surface area contributed by atoms with Crippen molar-refractivity contribution in [3.63, 3.8) is 0 Å².